The summed E-state index contributed by atoms with van der Waals surface area (Å²) in [6.45, 7) is 1.97. The molecule has 2 aromatic rings. The molecule has 0 aliphatic heterocycles. The second-order valence-corrected chi connectivity index (χ2v) is 5.50. The van der Waals surface area contributed by atoms with Gasteiger partial charge in [-0.15, -0.1) is 0 Å². The first kappa shape index (κ1) is 15.1. The van der Waals surface area contributed by atoms with E-state index >= 15 is 0 Å². The molecule has 3 N–H and O–H groups in total. The summed E-state index contributed by atoms with van der Waals surface area (Å²) >= 11 is 3.46. The zero-order valence-electron chi connectivity index (χ0n) is 11.0. The highest BCUT2D eigenvalue weighted by Gasteiger charge is 2.18. The average Bonchev–Trinajstić information content (AvgIpc) is 2.40. The molecule has 0 amide bonds. The molecule has 1 unspecified atom stereocenters. The van der Waals surface area contributed by atoms with Crippen LogP contribution >= 0.6 is 15.9 Å². The van der Waals surface area contributed by atoms with Crippen LogP contribution in [0.1, 0.15) is 22.7 Å². The van der Waals surface area contributed by atoms with Gasteiger partial charge in [0.1, 0.15) is 11.6 Å². The Hall–Kier alpha value is -1.30. The van der Waals surface area contributed by atoms with Crippen LogP contribution in [0.5, 0.6) is 0 Å². The van der Waals surface area contributed by atoms with E-state index in [1.165, 1.54) is 18.2 Å². The van der Waals surface area contributed by atoms with Gasteiger partial charge in [0.15, 0.2) is 0 Å². The summed E-state index contributed by atoms with van der Waals surface area (Å²) in [5, 5.41) is 0. The van der Waals surface area contributed by atoms with Crippen LogP contribution in [0, 0.1) is 18.6 Å². The van der Waals surface area contributed by atoms with Crippen molar-refractivity contribution in [1.29, 1.82) is 0 Å². The Morgan fingerprint density at radius 1 is 1.20 bits per heavy atom. The van der Waals surface area contributed by atoms with Crippen molar-refractivity contribution in [3.63, 3.8) is 0 Å². The van der Waals surface area contributed by atoms with Gasteiger partial charge in [-0.05, 0) is 42.7 Å². The highest BCUT2D eigenvalue weighted by Crippen LogP contribution is 2.28. The van der Waals surface area contributed by atoms with E-state index in [1.807, 2.05) is 25.1 Å². The van der Waals surface area contributed by atoms with Gasteiger partial charge < -0.3 is 0 Å². The molecule has 0 fully saturated rings. The molecule has 2 aromatic carbocycles. The van der Waals surface area contributed by atoms with Gasteiger partial charge in [-0.2, -0.15) is 0 Å². The molecule has 0 saturated heterocycles. The first-order valence-electron chi connectivity index (χ1n) is 6.18. The fourth-order valence-electron chi connectivity index (χ4n) is 2.10. The van der Waals surface area contributed by atoms with E-state index in [-0.39, 0.29) is 18.0 Å². The molecule has 0 aromatic heterocycles. The maximum absolute atomic E-state index is 13.7. The van der Waals surface area contributed by atoms with Crippen molar-refractivity contribution in [3.8, 4) is 0 Å². The molecule has 106 valence electrons. The molecule has 0 radical (unpaired) electrons. The Morgan fingerprint density at radius 2 is 1.85 bits per heavy atom. The number of nitrogens with two attached hydrogens (primary N) is 1. The third-order valence-corrected chi connectivity index (χ3v) is 3.89. The third kappa shape index (κ3) is 3.23. The molecule has 0 aliphatic rings. The van der Waals surface area contributed by atoms with Crippen molar-refractivity contribution < 1.29 is 8.78 Å². The van der Waals surface area contributed by atoms with Crippen molar-refractivity contribution in [3.05, 3.63) is 69.2 Å². The summed E-state index contributed by atoms with van der Waals surface area (Å²) in [4.78, 5) is 0. The van der Waals surface area contributed by atoms with Crippen molar-refractivity contribution in [2.75, 3.05) is 0 Å². The SMILES string of the molecule is Cc1ccc(C(Cc2c(F)cccc2F)NN)c(Br)c1. The number of benzene rings is 2. The summed E-state index contributed by atoms with van der Waals surface area (Å²) in [7, 11) is 0. The van der Waals surface area contributed by atoms with Crippen LogP contribution in [0.25, 0.3) is 0 Å². The quantitative estimate of drug-likeness (QED) is 0.656. The van der Waals surface area contributed by atoms with E-state index in [0.29, 0.717) is 0 Å². The van der Waals surface area contributed by atoms with E-state index in [9.17, 15) is 8.78 Å². The van der Waals surface area contributed by atoms with Crippen molar-refractivity contribution in [2.45, 2.75) is 19.4 Å². The first-order valence-corrected chi connectivity index (χ1v) is 6.97. The fourth-order valence-corrected chi connectivity index (χ4v) is 2.87. The van der Waals surface area contributed by atoms with Gasteiger partial charge in [0.25, 0.3) is 0 Å². The zero-order valence-corrected chi connectivity index (χ0v) is 12.5. The lowest BCUT2D eigenvalue weighted by Crippen LogP contribution is -2.30. The molecule has 0 spiro atoms. The van der Waals surface area contributed by atoms with Crippen LogP contribution in [-0.4, -0.2) is 0 Å². The number of hydrazine groups is 1. The summed E-state index contributed by atoms with van der Waals surface area (Å²) in [6.07, 6.45) is 0.136. The van der Waals surface area contributed by atoms with E-state index in [4.69, 9.17) is 5.84 Å². The number of rotatable bonds is 4. The number of hydrogen-bond donors (Lipinski definition) is 2. The largest absolute Gasteiger partial charge is 0.271 e. The van der Waals surface area contributed by atoms with Crippen LogP contribution < -0.4 is 11.3 Å². The van der Waals surface area contributed by atoms with Gasteiger partial charge in [0, 0.05) is 10.0 Å². The monoisotopic (exact) mass is 340 g/mol. The normalized spacial score (nSPS) is 12.4. The third-order valence-electron chi connectivity index (χ3n) is 3.20. The summed E-state index contributed by atoms with van der Waals surface area (Å²) in [5.41, 5.74) is 4.60. The molecule has 1 atom stereocenters. The molecule has 0 bridgehead atoms. The second-order valence-electron chi connectivity index (χ2n) is 4.65. The summed E-state index contributed by atoms with van der Waals surface area (Å²) in [5.74, 6) is 4.42. The minimum absolute atomic E-state index is 0.0305. The molecule has 0 aliphatic carbocycles. The predicted octanol–water partition coefficient (Wildman–Crippen LogP) is 3.78. The van der Waals surface area contributed by atoms with E-state index in [0.717, 1.165) is 15.6 Å². The van der Waals surface area contributed by atoms with E-state index < -0.39 is 11.6 Å². The Bertz CT molecular complexity index is 597. The van der Waals surface area contributed by atoms with Crippen molar-refractivity contribution in [2.24, 2.45) is 5.84 Å². The Kier molecular flexibility index (Phi) is 4.86. The first-order chi connectivity index (χ1) is 9.52. The van der Waals surface area contributed by atoms with E-state index in [1.54, 1.807) is 0 Å². The van der Waals surface area contributed by atoms with Crippen LogP contribution in [0.2, 0.25) is 0 Å². The maximum atomic E-state index is 13.7. The lowest BCUT2D eigenvalue weighted by Gasteiger charge is -2.19. The number of hydrogen-bond acceptors (Lipinski definition) is 2. The molecule has 0 saturated carbocycles. The predicted molar refractivity (Wildman–Crippen MR) is 79.0 cm³/mol. The minimum Gasteiger partial charge on any atom is -0.271 e. The van der Waals surface area contributed by atoms with Crippen molar-refractivity contribution in [1.82, 2.24) is 5.43 Å². The molecular weight excluding hydrogens is 326 g/mol. The molecular formula is C15H15BrF2N2. The number of nitrogens with one attached hydrogen (secondary N) is 1. The van der Waals surface area contributed by atoms with Crippen LogP contribution in [0.3, 0.4) is 0 Å². The van der Waals surface area contributed by atoms with Crippen molar-refractivity contribution >= 4 is 15.9 Å². The highest BCUT2D eigenvalue weighted by molar-refractivity contribution is 9.10. The molecule has 0 heterocycles. The molecule has 20 heavy (non-hydrogen) atoms. The smallest absolute Gasteiger partial charge is 0.129 e. The Balaban J connectivity index is 2.34. The van der Waals surface area contributed by atoms with Crippen LogP contribution in [0.4, 0.5) is 8.78 Å². The number of halogens is 3. The van der Waals surface area contributed by atoms with Gasteiger partial charge in [-0.25, -0.2) is 8.78 Å². The van der Waals surface area contributed by atoms with Crippen LogP contribution in [0.15, 0.2) is 40.9 Å². The average molecular weight is 341 g/mol. The molecule has 5 heteroatoms. The lowest BCUT2D eigenvalue weighted by atomic mass is 9.98. The highest BCUT2D eigenvalue weighted by atomic mass is 79.9. The maximum Gasteiger partial charge on any atom is 0.129 e. The van der Waals surface area contributed by atoms with Gasteiger partial charge in [0.05, 0.1) is 6.04 Å². The minimum atomic E-state index is -0.562. The number of aryl methyl sites for hydroxylation is 1. The molecule has 2 nitrogen and oxygen atoms in total. The summed E-state index contributed by atoms with van der Waals surface area (Å²) < 4.78 is 28.3. The summed E-state index contributed by atoms with van der Waals surface area (Å²) in [6, 6.07) is 9.23. The molecule has 2 rings (SSSR count). The van der Waals surface area contributed by atoms with Gasteiger partial charge >= 0.3 is 0 Å². The Labute approximate surface area is 125 Å². The van der Waals surface area contributed by atoms with Gasteiger partial charge in [-0.1, -0.05) is 34.1 Å². The Morgan fingerprint density at radius 3 is 2.40 bits per heavy atom. The van der Waals surface area contributed by atoms with E-state index in [2.05, 4.69) is 21.4 Å². The second kappa shape index (κ2) is 6.43. The fraction of sp³-hybridized carbons (Fsp3) is 0.200. The van der Waals surface area contributed by atoms with Crippen LogP contribution in [-0.2, 0) is 6.42 Å². The zero-order chi connectivity index (χ0) is 14.7. The lowest BCUT2D eigenvalue weighted by molar-refractivity contribution is 0.499. The van der Waals surface area contributed by atoms with Gasteiger partial charge in [-0.3, -0.25) is 11.3 Å². The topological polar surface area (TPSA) is 38.0 Å². The van der Waals surface area contributed by atoms with Gasteiger partial charge in [0.2, 0.25) is 0 Å². The standard InChI is InChI=1S/C15H15BrF2N2/c1-9-5-6-10(12(16)7-9)15(20-19)8-11-13(17)3-2-4-14(11)18/h2-7,15,20H,8,19H2,1H3.